The zero-order valence-corrected chi connectivity index (χ0v) is 12.2. The number of aliphatic hydroxyl groups is 1. The van der Waals surface area contributed by atoms with Gasteiger partial charge in [0.25, 0.3) is 0 Å². The number of halogens is 1. The van der Waals surface area contributed by atoms with Gasteiger partial charge < -0.3 is 10.1 Å². The molecule has 2 rings (SSSR count). The number of fused-ring (bicyclic) bond motifs is 1. The van der Waals surface area contributed by atoms with Crippen molar-refractivity contribution in [2.75, 3.05) is 20.2 Å². The van der Waals surface area contributed by atoms with Gasteiger partial charge in [-0.1, -0.05) is 22.9 Å². The van der Waals surface area contributed by atoms with E-state index in [2.05, 4.69) is 37.7 Å². The summed E-state index contributed by atoms with van der Waals surface area (Å²) in [7, 11) is 2.01. The molecule has 2 N–H and O–H groups in total. The highest BCUT2D eigenvalue weighted by molar-refractivity contribution is 9.10. The van der Waals surface area contributed by atoms with Gasteiger partial charge in [0.2, 0.25) is 0 Å². The molecule has 0 fully saturated rings. The Morgan fingerprint density at radius 2 is 2.28 bits per heavy atom. The molecule has 0 aliphatic rings. The third kappa shape index (κ3) is 2.74. The minimum Gasteiger partial charge on any atom is -0.395 e. The smallest absolute Gasteiger partial charge is 0.124 e. The third-order valence-electron chi connectivity index (χ3n) is 3.15. The number of aromatic nitrogens is 2. The number of likely N-dealkylation sites (N-methyl/N-ethyl adjacent to an activating group) is 1. The van der Waals surface area contributed by atoms with Crippen molar-refractivity contribution in [3.8, 4) is 0 Å². The Morgan fingerprint density at radius 1 is 1.50 bits per heavy atom. The molecule has 4 nitrogen and oxygen atoms in total. The molecular formula is C13H18BrN3O. The van der Waals surface area contributed by atoms with Crippen molar-refractivity contribution in [2.24, 2.45) is 0 Å². The molecule has 0 bridgehead atoms. The van der Waals surface area contributed by atoms with Gasteiger partial charge in [-0.15, -0.1) is 0 Å². The Hall–Kier alpha value is -0.910. The number of benzene rings is 1. The van der Waals surface area contributed by atoms with E-state index >= 15 is 0 Å². The molecule has 1 aromatic carbocycles. The molecule has 2 aromatic rings. The van der Waals surface area contributed by atoms with Crippen LogP contribution in [0, 0.1) is 0 Å². The quantitative estimate of drug-likeness (QED) is 0.892. The molecular weight excluding hydrogens is 294 g/mol. The fourth-order valence-corrected chi connectivity index (χ4v) is 2.55. The number of hydrogen-bond donors (Lipinski definition) is 2. The van der Waals surface area contributed by atoms with Gasteiger partial charge in [0.15, 0.2) is 0 Å². The number of H-pyrrole nitrogens is 1. The molecule has 0 saturated heterocycles. The number of nitrogens with one attached hydrogen (secondary N) is 1. The monoisotopic (exact) mass is 311 g/mol. The summed E-state index contributed by atoms with van der Waals surface area (Å²) in [6, 6.07) is 6.23. The first-order valence-corrected chi connectivity index (χ1v) is 6.91. The first-order chi connectivity index (χ1) is 8.65. The lowest BCUT2D eigenvalue weighted by molar-refractivity contribution is 0.173. The Balaban J connectivity index is 2.33. The van der Waals surface area contributed by atoms with Crippen LogP contribution in [-0.2, 0) is 0 Å². The van der Waals surface area contributed by atoms with Crippen LogP contribution < -0.4 is 0 Å². The molecule has 0 spiro atoms. The molecule has 18 heavy (non-hydrogen) atoms. The van der Waals surface area contributed by atoms with E-state index in [1.54, 1.807) is 0 Å². The van der Waals surface area contributed by atoms with E-state index in [9.17, 15) is 0 Å². The van der Waals surface area contributed by atoms with Gasteiger partial charge in [-0.25, -0.2) is 4.98 Å². The minimum atomic E-state index is 0.165. The van der Waals surface area contributed by atoms with Crippen LogP contribution in [0.15, 0.2) is 22.7 Å². The Bertz CT molecular complexity index is 526. The van der Waals surface area contributed by atoms with E-state index in [0.29, 0.717) is 6.54 Å². The van der Waals surface area contributed by atoms with Gasteiger partial charge in [-0.05, 0) is 31.7 Å². The lowest BCUT2D eigenvalue weighted by atomic mass is 10.2. The number of nitrogens with zero attached hydrogens (tertiary/aromatic N) is 2. The number of rotatable bonds is 5. The molecule has 0 amide bonds. The molecule has 0 radical (unpaired) electrons. The highest BCUT2D eigenvalue weighted by atomic mass is 79.9. The van der Waals surface area contributed by atoms with Crippen molar-refractivity contribution in [2.45, 2.75) is 19.4 Å². The number of imidazole rings is 1. The minimum absolute atomic E-state index is 0.165. The maximum atomic E-state index is 9.03. The molecule has 1 heterocycles. The van der Waals surface area contributed by atoms with Crippen LogP contribution >= 0.6 is 15.9 Å². The zero-order valence-electron chi connectivity index (χ0n) is 10.7. The number of hydrogen-bond acceptors (Lipinski definition) is 3. The van der Waals surface area contributed by atoms with Crippen LogP contribution in [-0.4, -0.2) is 40.2 Å². The Morgan fingerprint density at radius 3 is 2.94 bits per heavy atom. The van der Waals surface area contributed by atoms with E-state index < -0.39 is 0 Å². The van der Waals surface area contributed by atoms with E-state index in [-0.39, 0.29) is 12.6 Å². The maximum Gasteiger partial charge on any atom is 0.124 e. The highest BCUT2D eigenvalue weighted by Crippen LogP contribution is 2.24. The van der Waals surface area contributed by atoms with E-state index in [1.165, 1.54) is 0 Å². The summed E-state index contributed by atoms with van der Waals surface area (Å²) in [6.07, 6.45) is 0.956. The summed E-state index contributed by atoms with van der Waals surface area (Å²) in [4.78, 5) is 10.1. The normalized spacial score (nSPS) is 13.4. The van der Waals surface area contributed by atoms with Crippen molar-refractivity contribution in [1.82, 2.24) is 14.9 Å². The molecule has 1 aromatic heterocycles. The molecule has 0 aliphatic heterocycles. The second kappa shape index (κ2) is 5.82. The SMILES string of the molecule is CCC(c1nc2ccc(Br)cc2[nH]1)N(C)CCO. The van der Waals surface area contributed by atoms with E-state index in [4.69, 9.17) is 5.11 Å². The van der Waals surface area contributed by atoms with Gasteiger partial charge in [-0.3, -0.25) is 4.90 Å². The molecule has 5 heteroatoms. The lowest BCUT2D eigenvalue weighted by Crippen LogP contribution is -2.27. The number of aromatic amines is 1. The lowest BCUT2D eigenvalue weighted by Gasteiger charge is -2.24. The summed E-state index contributed by atoms with van der Waals surface area (Å²) in [5.41, 5.74) is 2.01. The van der Waals surface area contributed by atoms with Crippen LogP contribution in [0.5, 0.6) is 0 Å². The molecule has 1 atom stereocenters. The number of aliphatic hydroxyl groups excluding tert-OH is 1. The summed E-state index contributed by atoms with van der Waals surface area (Å²) in [5.74, 6) is 0.960. The average Bonchev–Trinajstić information content (AvgIpc) is 2.72. The van der Waals surface area contributed by atoms with Crippen LogP contribution in [0.25, 0.3) is 11.0 Å². The highest BCUT2D eigenvalue weighted by Gasteiger charge is 2.18. The molecule has 1 unspecified atom stereocenters. The zero-order chi connectivity index (χ0) is 13.1. The Kier molecular flexibility index (Phi) is 4.37. The van der Waals surface area contributed by atoms with Gasteiger partial charge in [0.05, 0.1) is 23.7 Å². The van der Waals surface area contributed by atoms with Gasteiger partial charge >= 0.3 is 0 Å². The van der Waals surface area contributed by atoms with Crippen molar-refractivity contribution in [1.29, 1.82) is 0 Å². The van der Waals surface area contributed by atoms with Gasteiger partial charge in [0, 0.05) is 11.0 Å². The molecule has 0 saturated carbocycles. The predicted molar refractivity (Wildman–Crippen MR) is 76.5 cm³/mol. The van der Waals surface area contributed by atoms with Crippen molar-refractivity contribution in [3.05, 3.63) is 28.5 Å². The fraction of sp³-hybridized carbons (Fsp3) is 0.462. The summed E-state index contributed by atoms with van der Waals surface area (Å²) < 4.78 is 1.04. The first-order valence-electron chi connectivity index (χ1n) is 6.12. The largest absolute Gasteiger partial charge is 0.395 e. The Labute approximate surface area is 115 Å². The van der Waals surface area contributed by atoms with E-state index in [1.807, 2.05) is 25.2 Å². The average molecular weight is 312 g/mol. The summed E-state index contributed by atoms with van der Waals surface area (Å²) in [5, 5.41) is 9.03. The van der Waals surface area contributed by atoms with Crippen LogP contribution in [0.2, 0.25) is 0 Å². The van der Waals surface area contributed by atoms with Gasteiger partial charge in [-0.2, -0.15) is 0 Å². The molecule has 98 valence electrons. The van der Waals surface area contributed by atoms with E-state index in [0.717, 1.165) is 27.8 Å². The third-order valence-corrected chi connectivity index (χ3v) is 3.64. The van der Waals surface area contributed by atoms with Crippen LogP contribution in [0.4, 0.5) is 0 Å². The van der Waals surface area contributed by atoms with Crippen LogP contribution in [0.3, 0.4) is 0 Å². The van der Waals surface area contributed by atoms with Crippen molar-refractivity contribution >= 4 is 27.0 Å². The standard InChI is InChI=1S/C13H18BrN3O/c1-3-12(17(2)6-7-18)13-15-10-5-4-9(14)8-11(10)16-13/h4-5,8,12,18H,3,6-7H2,1-2H3,(H,15,16). The fourth-order valence-electron chi connectivity index (χ4n) is 2.19. The summed E-state index contributed by atoms with van der Waals surface area (Å²) in [6.45, 7) is 2.94. The van der Waals surface area contributed by atoms with Crippen molar-refractivity contribution < 1.29 is 5.11 Å². The van der Waals surface area contributed by atoms with Gasteiger partial charge in [0.1, 0.15) is 5.82 Å². The second-order valence-electron chi connectivity index (χ2n) is 4.41. The topological polar surface area (TPSA) is 52.2 Å². The molecule has 0 aliphatic carbocycles. The predicted octanol–water partition coefficient (Wildman–Crippen LogP) is 2.70. The first kappa shape index (κ1) is 13.5. The second-order valence-corrected chi connectivity index (χ2v) is 5.33. The van der Waals surface area contributed by atoms with Crippen LogP contribution in [0.1, 0.15) is 25.2 Å². The summed E-state index contributed by atoms with van der Waals surface area (Å²) >= 11 is 3.46. The maximum absolute atomic E-state index is 9.03. The van der Waals surface area contributed by atoms with Crippen molar-refractivity contribution in [3.63, 3.8) is 0 Å².